The van der Waals surface area contributed by atoms with Crippen LogP contribution in [0, 0.1) is 5.92 Å². The van der Waals surface area contributed by atoms with Crippen LogP contribution < -0.4 is 10.6 Å². The fourth-order valence-electron chi connectivity index (χ4n) is 2.25. The second-order valence-corrected chi connectivity index (χ2v) is 8.15. The first-order valence-electron chi connectivity index (χ1n) is 9.02. The average molecular weight is 490 g/mol. The van der Waals surface area contributed by atoms with Crippen LogP contribution in [0.5, 0.6) is 0 Å². The van der Waals surface area contributed by atoms with Gasteiger partial charge < -0.3 is 15.4 Å². The summed E-state index contributed by atoms with van der Waals surface area (Å²) in [7, 11) is -3.10. The van der Waals surface area contributed by atoms with Crippen LogP contribution in [0.1, 0.15) is 39.5 Å². The number of nitrogens with one attached hydrogen (secondary N) is 2. The third-order valence-corrected chi connectivity index (χ3v) is 5.19. The van der Waals surface area contributed by atoms with Gasteiger partial charge in [0.15, 0.2) is 5.96 Å². The third-order valence-electron chi connectivity index (χ3n) is 3.81. The van der Waals surface area contributed by atoms with Crippen LogP contribution in [0.25, 0.3) is 0 Å². The van der Waals surface area contributed by atoms with Crippen molar-refractivity contribution in [3.63, 3.8) is 0 Å². The molecule has 0 saturated heterocycles. The highest BCUT2D eigenvalue weighted by atomic mass is 127. The van der Waals surface area contributed by atoms with E-state index in [9.17, 15) is 8.42 Å². The van der Waals surface area contributed by atoms with E-state index >= 15 is 0 Å². The van der Waals surface area contributed by atoms with Crippen molar-refractivity contribution in [2.24, 2.45) is 10.9 Å². The molecular formula is C16H35IN4O3S. The van der Waals surface area contributed by atoms with Crippen molar-refractivity contribution >= 4 is 40.0 Å². The van der Waals surface area contributed by atoms with Crippen molar-refractivity contribution < 1.29 is 13.2 Å². The molecular weight excluding hydrogens is 455 g/mol. The van der Waals surface area contributed by atoms with Gasteiger partial charge in [-0.2, -0.15) is 0 Å². The summed E-state index contributed by atoms with van der Waals surface area (Å²) in [5.74, 6) is 1.59. The SMILES string of the molecule is CCNC(=NCCCOCC1CC1)NCCCN(CC)S(C)(=O)=O.I. The summed E-state index contributed by atoms with van der Waals surface area (Å²) >= 11 is 0. The highest BCUT2D eigenvalue weighted by Gasteiger charge is 2.20. The molecule has 1 saturated carbocycles. The third kappa shape index (κ3) is 12.8. The van der Waals surface area contributed by atoms with Crippen molar-refractivity contribution in [1.29, 1.82) is 0 Å². The highest BCUT2D eigenvalue weighted by molar-refractivity contribution is 14.0. The molecule has 0 bridgehead atoms. The predicted molar refractivity (Wildman–Crippen MR) is 114 cm³/mol. The fourth-order valence-corrected chi connectivity index (χ4v) is 3.18. The number of rotatable bonds is 13. The van der Waals surface area contributed by atoms with E-state index in [1.54, 1.807) is 0 Å². The Kier molecular flexibility index (Phi) is 13.9. The number of hydrogen-bond acceptors (Lipinski definition) is 4. The Morgan fingerprint density at radius 3 is 2.52 bits per heavy atom. The number of hydrogen-bond donors (Lipinski definition) is 2. The van der Waals surface area contributed by atoms with Gasteiger partial charge >= 0.3 is 0 Å². The van der Waals surface area contributed by atoms with Crippen molar-refractivity contribution in [3.8, 4) is 0 Å². The minimum atomic E-state index is -3.10. The first kappa shape index (κ1) is 24.9. The second kappa shape index (κ2) is 14.0. The summed E-state index contributed by atoms with van der Waals surface area (Å²) < 4.78 is 30.1. The van der Waals surface area contributed by atoms with Crippen molar-refractivity contribution in [2.75, 3.05) is 52.2 Å². The maximum Gasteiger partial charge on any atom is 0.211 e. The van der Waals surface area contributed by atoms with Gasteiger partial charge in [-0.15, -0.1) is 24.0 Å². The number of sulfonamides is 1. The molecule has 0 atom stereocenters. The Morgan fingerprint density at radius 2 is 1.96 bits per heavy atom. The zero-order chi connectivity index (χ0) is 17.8. The lowest BCUT2D eigenvalue weighted by molar-refractivity contribution is 0.123. The first-order chi connectivity index (χ1) is 11.5. The lowest BCUT2D eigenvalue weighted by atomic mass is 10.4. The molecule has 1 aliphatic carbocycles. The Bertz CT molecular complexity index is 470. The van der Waals surface area contributed by atoms with Crippen LogP contribution in [0.3, 0.4) is 0 Å². The van der Waals surface area contributed by atoms with Gasteiger partial charge in [0, 0.05) is 45.9 Å². The summed E-state index contributed by atoms with van der Waals surface area (Å²) in [4.78, 5) is 4.51. The molecule has 1 rings (SSSR count). The quantitative estimate of drug-likeness (QED) is 0.178. The van der Waals surface area contributed by atoms with Crippen LogP contribution >= 0.6 is 24.0 Å². The van der Waals surface area contributed by atoms with Gasteiger partial charge in [-0.3, -0.25) is 4.99 Å². The van der Waals surface area contributed by atoms with E-state index in [0.717, 1.165) is 51.0 Å². The summed E-state index contributed by atoms with van der Waals surface area (Å²) in [5.41, 5.74) is 0. The number of guanidine groups is 1. The minimum Gasteiger partial charge on any atom is -0.381 e. The van der Waals surface area contributed by atoms with Crippen molar-refractivity contribution in [3.05, 3.63) is 0 Å². The maximum atomic E-state index is 11.5. The van der Waals surface area contributed by atoms with Gasteiger partial charge in [-0.1, -0.05) is 6.92 Å². The van der Waals surface area contributed by atoms with E-state index in [1.165, 1.54) is 23.4 Å². The Hall–Kier alpha value is -0.130. The number of halogens is 1. The highest BCUT2D eigenvalue weighted by Crippen LogP contribution is 2.28. The number of ether oxygens (including phenoxy) is 1. The molecule has 2 N–H and O–H groups in total. The van der Waals surface area contributed by atoms with Gasteiger partial charge in [0.2, 0.25) is 10.0 Å². The average Bonchev–Trinajstić information content (AvgIpc) is 3.33. The maximum absolute atomic E-state index is 11.5. The molecule has 0 aromatic rings. The van der Waals surface area contributed by atoms with Crippen LogP contribution in [-0.4, -0.2) is 70.9 Å². The largest absolute Gasteiger partial charge is 0.381 e. The fraction of sp³-hybridized carbons (Fsp3) is 0.938. The molecule has 9 heteroatoms. The summed E-state index contributed by atoms with van der Waals surface area (Å²) in [6, 6.07) is 0. The van der Waals surface area contributed by atoms with Gasteiger partial charge in [0.05, 0.1) is 6.26 Å². The minimum absolute atomic E-state index is 0. The molecule has 150 valence electrons. The first-order valence-corrected chi connectivity index (χ1v) is 10.9. The molecule has 0 radical (unpaired) electrons. The van der Waals surface area contributed by atoms with Crippen LogP contribution in [0.15, 0.2) is 4.99 Å². The van der Waals surface area contributed by atoms with Crippen molar-refractivity contribution in [2.45, 2.75) is 39.5 Å². The summed E-state index contributed by atoms with van der Waals surface area (Å²) in [5, 5.41) is 6.45. The second-order valence-electron chi connectivity index (χ2n) is 6.17. The zero-order valence-electron chi connectivity index (χ0n) is 15.8. The zero-order valence-corrected chi connectivity index (χ0v) is 18.9. The van der Waals surface area contributed by atoms with Gasteiger partial charge in [-0.05, 0) is 38.5 Å². The van der Waals surface area contributed by atoms with E-state index in [-0.39, 0.29) is 24.0 Å². The van der Waals surface area contributed by atoms with E-state index in [1.807, 2.05) is 13.8 Å². The Labute approximate surface area is 170 Å². The monoisotopic (exact) mass is 490 g/mol. The number of nitrogens with zero attached hydrogens (tertiary/aromatic N) is 2. The van der Waals surface area contributed by atoms with E-state index in [2.05, 4.69) is 15.6 Å². The Morgan fingerprint density at radius 1 is 1.24 bits per heavy atom. The molecule has 1 fully saturated rings. The number of aliphatic imine (C=N–C) groups is 1. The van der Waals surface area contributed by atoms with Crippen LogP contribution in [-0.2, 0) is 14.8 Å². The lowest BCUT2D eigenvalue weighted by Crippen LogP contribution is -2.39. The molecule has 0 aliphatic heterocycles. The standard InChI is InChI=1S/C16H34N4O3S.HI/c1-4-17-16(19-11-7-13-23-14-15-8-9-15)18-10-6-12-20(5-2)24(3,21)22;/h15H,4-14H2,1-3H3,(H2,17,18,19);1H. The summed E-state index contributed by atoms with van der Waals surface area (Å²) in [6.45, 7) is 8.79. The molecule has 7 nitrogen and oxygen atoms in total. The van der Waals surface area contributed by atoms with Crippen LogP contribution in [0.2, 0.25) is 0 Å². The van der Waals surface area contributed by atoms with Gasteiger partial charge in [-0.25, -0.2) is 12.7 Å². The smallest absolute Gasteiger partial charge is 0.211 e. The topological polar surface area (TPSA) is 83.0 Å². The van der Waals surface area contributed by atoms with Gasteiger partial charge in [0.25, 0.3) is 0 Å². The molecule has 0 spiro atoms. The molecule has 0 heterocycles. The van der Waals surface area contributed by atoms with Crippen molar-refractivity contribution in [1.82, 2.24) is 14.9 Å². The lowest BCUT2D eigenvalue weighted by Gasteiger charge is -2.18. The van der Waals surface area contributed by atoms with Crippen LogP contribution in [0.4, 0.5) is 0 Å². The molecule has 0 unspecified atom stereocenters. The van der Waals surface area contributed by atoms with E-state index < -0.39 is 10.0 Å². The molecule has 0 aromatic carbocycles. The molecule has 0 aromatic heterocycles. The normalized spacial score (nSPS) is 15.1. The Balaban J connectivity index is 0.00000576. The molecule has 0 amide bonds. The molecule has 25 heavy (non-hydrogen) atoms. The van der Waals surface area contributed by atoms with E-state index in [0.29, 0.717) is 19.6 Å². The summed E-state index contributed by atoms with van der Waals surface area (Å²) in [6.07, 6.45) is 5.56. The van der Waals surface area contributed by atoms with E-state index in [4.69, 9.17) is 4.74 Å². The van der Waals surface area contributed by atoms with Gasteiger partial charge in [0.1, 0.15) is 0 Å². The molecule has 1 aliphatic rings. The predicted octanol–water partition coefficient (Wildman–Crippen LogP) is 1.65.